The van der Waals surface area contributed by atoms with Crippen molar-refractivity contribution >= 4 is 12.4 Å². The highest BCUT2D eigenvalue weighted by atomic mass is 16.4. The predicted molar refractivity (Wildman–Crippen MR) is 58.6 cm³/mol. The Hall–Kier alpha value is -1.06. The lowest BCUT2D eigenvalue weighted by molar-refractivity contribution is -0.147. The van der Waals surface area contributed by atoms with Gasteiger partial charge in [0, 0.05) is 6.04 Å². The first kappa shape index (κ1) is 13.9. The number of unbranched alkanes of at least 4 members (excludes halogenated alkanes) is 2. The molecule has 1 atom stereocenters. The Bertz CT molecular complexity index is 204. The molecule has 4 nitrogen and oxygen atoms in total. The van der Waals surface area contributed by atoms with E-state index in [2.05, 4.69) is 6.92 Å². The fraction of sp³-hybridized carbons (Fsp3) is 0.818. The smallest absolute Gasteiger partial charge is 0.326 e. The van der Waals surface area contributed by atoms with Gasteiger partial charge in [-0.25, -0.2) is 4.79 Å². The predicted octanol–water partition coefficient (Wildman–Crippen LogP) is 1.89. The Morgan fingerprint density at radius 1 is 1.40 bits per heavy atom. The molecular weight excluding hydrogens is 194 g/mol. The Kier molecular flexibility index (Phi) is 6.75. The third-order valence-corrected chi connectivity index (χ3v) is 2.44. The van der Waals surface area contributed by atoms with Crippen LogP contribution in [0.25, 0.3) is 0 Å². The molecule has 0 rings (SSSR count). The molecule has 0 fully saturated rings. The van der Waals surface area contributed by atoms with Gasteiger partial charge in [0.05, 0.1) is 0 Å². The van der Waals surface area contributed by atoms with E-state index in [1.807, 2.05) is 13.8 Å². The zero-order chi connectivity index (χ0) is 11.8. The van der Waals surface area contributed by atoms with E-state index in [0.717, 1.165) is 19.3 Å². The van der Waals surface area contributed by atoms with Crippen LogP contribution in [0.4, 0.5) is 0 Å². The Morgan fingerprint density at radius 3 is 2.33 bits per heavy atom. The van der Waals surface area contributed by atoms with Gasteiger partial charge in [0.1, 0.15) is 6.04 Å². The van der Waals surface area contributed by atoms with Gasteiger partial charge in [0.15, 0.2) is 0 Å². The molecule has 88 valence electrons. The van der Waals surface area contributed by atoms with Crippen molar-refractivity contribution < 1.29 is 14.7 Å². The molecule has 0 saturated heterocycles. The minimum absolute atomic E-state index is 0.0646. The van der Waals surface area contributed by atoms with Crippen LogP contribution in [0.1, 0.15) is 46.5 Å². The standard InChI is InChI=1S/C11H21NO3/c1-4-5-6-7-10(11(14)15)12(8-13)9(2)3/h8-10H,4-7H2,1-3H3,(H,14,15). The van der Waals surface area contributed by atoms with E-state index in [-0.39, 0.29) is 6.04 Å². The molecule has 0 heterocycles. The number of amides is 1. The van der Waals surface area contributed by atoms with Gasteiger partial charge in [-0.1, -0.05) is 26.2 Å². The molecule has 15 heavy (non-hydrogen) atoms. The van der Waals surface area contributed by atoms with Crippen LogP contribution >= 0.6 is 0 Å². The van der Waals surface area contributed by atoms with Gasteiger partial charge in [-0.05, 0) is 20.3 Å². The number of carboxylic acids is 1. The lowest BCUT2D eigenvalue weighted by Crippen LogP contribution is -2.44. The highest BCUT2D eigenvalue weighted by molar-refractivity contribution is 5.76. The van der Waals surface area contributed by atoms with Crippen LogP contribution in [-0.4, -0.2) is 34.5 Å². The second kappa shape index (κ2) is 7.26. The van der Waals surface area contributed by atoms with Gasteiger partial charge < -0.3 is 10.0 Å². The molecule has 0 aromatic heterocycles. The first-order valence-corrected chi connectivity index (χ1v) is 5.50. The van der Waals surface area contributed by atoms with E-state index < -0.39 is 12.0 Å². The van der Waals surface area contributed by atoms with E-state index in [9.17, 15) is 9.59 Å². The zero-order valence-electron chi connectivity index (χ0n) is 9.77. The average Bonchev–Trinajstić information content (AvgIpc) is 2.16. The van der Waals surface area contributed by atoms with Crippen LogP contribution < -0.4 is 0 Å². The van der Waals surface area contributed by atoms with E-state index in [0.29, 0.717) is 12.8 Å². The van der Waals surface area contributed by atoms with Crippen molar-refractivity contribution in [2.24, 2.45) is 0 Å². The number of carbonyl (C=O) groups is 2. The lowest BCUT2D eigenvalue weighted by Gasteiger charge is -2.28. The Labute approximate surface area is 91.3 Å². The summed E-state index contributed by atoms with van der Waals surface area (Å²) in [5, 5.41) is 9.02. The molecular formula is C11H21NO3. The Morgan fingerprint density at radius 2 is 2.00 bits per heavy atom. The number of hydrogen-bond acceptors (Lipinski definition) is 2. The van der Waals surface area contributed by atoms with Gasteiger partial charge in [-0.15, -0.1) is 0 Å². The molecule has 1 unspecified atom stereocenters. The topological polar surface area (TPSA) is 57.6 Å². The number of rotatable bonds is 8. The monoisotopic (exact) mass is 215 g/mol. The Balaban J connectivity index is 4.35. The third kappa shape index (κ3) is 4.81. The van der Waals surface area contributed by atoms with Crippen LogP contribution in [0.15, 0.2) is 0 Å². The normalized spacial score (nSPS) is 12.5. The van der Waals surface area contributed by atoms with Crippen LogP contribution in [-0.2, 0) is 9.59 Å². The zero-order valence-corrected chi connectivity index (χ0v) is 9.77. The van der Waals surface area contributed by atoms with Crippen molar-refractivity contribution in [2.75, 3.05) is 0 Å². The first-order valence-electron chi connectivity index (χ1n) is 5.50. The number of carboxylic acid groups (broad SMARTS) is 1. The summed E-state index contributed by atoms with van der Waals surface area (Å²) in [7, 11) is 0. The van der Waals surface area contributed by atoms with E-state index in [1.54, 1.807) is 0 Å². The first-order chi connectivity index (χ1) is 7.04. The maximum Gasteiger partial charge on any atom is 0.326 e. The SMILES string of the molecule is CCCCCC(C(=O)O)N(C=O)C(C)C. The summed E-state index contributed by atoms with van der Waals surface area (Å²) in [6.07, 6.45) is 4.09. The van der Waals surface area contributed by atoms with Crippen molar-refractivity contribution in [1.82, 2.24) is 4.90 Å². The minimum atomic E-state index is -0.910. The molecule has 1 amide bonds. The van der Waals surface area contributed by atoms with E-state index in [4.69, 9.17) is 5.11 Å². The van der Waals surface area contributed by atoms with Crippen LogP contribution in [0, 0.1) is 0 Å². The largest absolute Gasteiger partial charge is 0.480 e. The molecule has 0 aromatic rings. The summed E-state index contributed by atoms with van der Waals surface area (Å²) in [4.78, 5) is 23.2. The maximum absolute atomic E-state index is 11.0. The molecule has 0 aliphatic carbocycles. The van der Waals surface area contributed by atoms with Gasteiger partial charge in [0.2, 0.25) is 6.41 Å². The average molecular weight is 215 g/mol. The quantitative estimate of drug-likeness (QED) is 0.497. The number of carbonyl (C=O) groups excluding carboxylic acids is 1. The molecule has 0 spiro atoms. The molecule has 0 aliphatic rings. The molecule has 0 aromatic carbocycles. The van der Waals surface area contributed by atoms with Crippen LogP contribution in [0.5, 0.6) is 0 Å². The van der Waals surface area contributed by atoms with Crippen molar-refractivity contribution in [2.45, 2.75) is 58.5 Å². The number of aliphatic carboxylic acids is 1. The van der Waals surface area contributed by atoms with Crippen molar-refractivity contribution in [1.29, 1.82) is 0 Å². The van der Waals surface area contributed by atoms with Crippen molar-refractivity contribution in [3.05, 3.63) is 0 Å². The molecule has 1 N–H and O–H groups in total. The maximum atomic E-state index is 11.0. The summed E-state index contributed by atoms with van der Waals surface area (Å²) in [5.74, 6) is -0.910. The second-order valence-electron chi connectivity index (χ2n) is 4.00. The summed E-state index contributed by atoms with van der Waals surface area (Å²) >= 11 is 0. The lowest BCUT2D eigenvalue weighted by atomic mass is 10.1. The fourth-order valence-corrected chi connectivity index (χ4v) is 1.54. The van der Waals surface area contributed by atoms with Crippen LogP contribution in [0.3, 0.4) is 0 Å². The molecule has 0 aliphatic heterocycles. The minimum Gasteiger partial charge on any atom is -0.480 e. The fourth-order valence-electron chi connectivity index (χ4n) is 1.54. The third-order valence-electron chi connectivity index (χ3n) is 2.44. The summed E-state index contributed by atoms with van der Waals surface area (Å²) in [6.45, 7) is 5.71. The van der Waals surface area contributed by atoms with E-state index in [1.165, 1.54) is 4.90 Å². The van der Waals surface area contributed by atoms with E-state index >= 15 is 0 Å². The highest BCUT2D eigenvalue weighted by Crippen LogP contribution is 2.12. The number of hydrogen-bond donors (Lipinski definition) is 1. The van der Waals surface area contributed by atoms with Crippen molar-refractivity contribution in [3.63, 3.8) is 0 Å². The van der Waals surface area contributed by atoms with Crippen molar-refractivity contribution in [3.8, 4) is 0 Å². The van der Waals surface area contributed by atoms with Gasteiger partial charge in [0.25, 0.3) is 0 Å². The molecule has 4 heteroatoms. The molecule has 0 bridgehead atoms. The van der Waals surface area contributed by atoms with Gasteiger partial charge in [-0.2, -0.15) is 0 Å². The highest BCUT2D eigenvalue weighted by Gasteiger charge is 2.25. The van der Waals surface area contributed by atoms with Crippen LogP contribution in [0.2, 0.25) is 0 Å². The molecule has 0 radical (unpaired) electrons. The summed E-state index contributed by atoms with van der Waals surface area (Å²) in [6, 6.07) is -0.737. The van der Waals surface area contributed by atoms with Gasteiger partial charge >= 0.3 is 5.97 Å². The number of nitrogens with zero attached hydrogens (tertiary/aromatic N) is 1. The summed E-state index contributed by atoms with van der Waals surface area (Å²) < 4.78 is 0. The molecule has 0 saturated carbocycles. The van der Waals surface area contributed by atoms with Gasteiger partial charge in [-0.3, -0.25) is 4.79 Å². The second-order valence-corrected chi connectivity index (χ2v) is 4.00. The summed E-state index contributed by atoms with van der Waals surface area (Å²) in [5.41, 5.74) is 0.